The first kappa shape index (κ1) is 55.6. The van der Waals surface area contributed by atoms with Crippen LogP contribution in [0.2, 0.25) is 0 Å². The predicted molar refractivity (Wildman–Crippen MR) is 230 cm³/mol. The number of rotatable bonds is 27. The van der Waals surface area contributed by atoms with Gasteiger partial charge >= 0.3 is 12.1 Å². The van der Waals surface area contributed by atoms with Crippen LogP contribution >= 0.6 is 0 Å². The standard InChI is InChI=1S/C43H79N7O10/c1-25(2)17-31(47-37(53)19-29(9)46-40(56)24-34(28(7)8)50-42(58)60-43(11,12)13)21-36(52)44-16-15-35(51)49-33(27(5)6)23-39(55)45-30(10)20-38(54)48-32(18-26(3)4)22-41(57)59-14/h25-34H,15-24H2,1-14H3,(H,44,52)(H,45,55)(H,46,56)(H,47,53)(H,48,54)(H,49,51)(H,50,58)/t29-,30-,31-,32-,33-,34-/m0/s1. The van der Waals surface area contributed by atoms with Crippen molar-refractivity contribution < 1.29 is 47.8 Å². The molecule has 0 aromatic rings. The smallest absolute Gasteiger partial charge is 0.407 e. The van der Waals surface area contributed by atoms with Crippen LogP contribution in [-0.4, -0.2) is 103 Å². The molecule has 7 amide bonds. The average molecular weight is 854 g/mol. The molecule has 6 atom stereocenters. The lowest BCUT2D eigenvalue weighted by atomic mass is 9.99. The normalized spacial score (nSPS) is 14.6. The number of hydrogen-bond donors (Lipinski definition) is 7. The van der Waals surface area contributed by atoms with E-state index in [9.17, 15) is 38.4 Å². The lowest BCUT2D eigenvalue weighted by molar-refractivity contribution is -0.141. The molecular formula is C43H79N7O10. The third kappa shape index (κ3) is 28.1. The SMILES string of the molecule is COC(=O)C[C@H](CC(C)C)NC(=O)C[C@H](C)NC(=O)C[C@H](NC(=O)CCNC(=O)C[C@H](CC(C)C)NC(=O)C[C@H](C)NC(=O)C[C@H](NC(=O)OC(C)(C)C)C(C)C)C(C)C. The van der Waals surface area contributed by atoms with Crippen LogP contribution < -0.4 is 37.2 Å². The molecule has 0 unspecified atom stereocenters. The Balaban J connectivity index is 4.97. The first-order chi connectivity index (χ1) is 27.7. The Morgan fingerprint density at radius 2 is 0.900 bits per heavy atom. The predicted octanol–water partition coefficient (Wildman–Crippen LogP) is 3.77. The summed E-state index contributed by atoms with van der Waals surface area (Å²) < 4.78 is 10.1. The molecule has 0 heterocycles. The van der Waals surface area contributed by atoms with Crippen molar-refractivity contribution in [2.45, 2.75) is 190 Å². The third-order valence-corrected chi connectivity index (χ3v) is 9.26. The van der Waals surface area contributed by atoms with E-state index in [0.717, 1.165) is 0 Å². The van der Waals surface area contributed by atoms with Crippen LogP contribution in [-0.2, 0) is 43.0 Å². The Morgan fingerprint density at radius 3 is 1.30 bits per heavy atom. The molecule has 0 saturated carbocycles. The van der Waals surface area contributed by atoms with Crippen molar-refractivity contribution in [1.82, 2.24) is 37.2 Å². The van der Waals surface area contributed by atoms with Gasteiger partial charge in [0.1, 0.15) is 5.60 Å². The van der Waals surface area contributed by atoms with Gasteiger partial charge in [-0.1, -0.05) is 55.4 Å². The second-order valence-corrected chi connectivity index (χ2v) is 18.5. The molecule has 0 aliphatic heterocycles. The summed E-state index contributed by atoms with van der Waals surface area (Å²) in [6, 6.07) is -2.82. The minimum absolute atomic E-state index is 0.00661. The maximum Gasteiger partial charge on any atom is 0.407 e. The Kier molecular flexibility index (Phi) is 26.1. The monoisotopic (exact) mass is 854 g/mol. The molecule has 0 aromatic heterocycles. The lowest BCUT2D eigenvalue weighted by Crippen LogP contribution is -2.46. The van der Waals surface area contributed by atoms with Crippen LogP contribution in [0.5, 0.6) is 0 Å². The molecule has 0 bridgehead atoms. The molecule has 0 aliphatic carbocycles. The zero-order valence-corrected chi connectivity index (χ0v) is 38.9. The van der Waals surface area contributed by atoms with Crippen LogP contribution in [0.3, 0.4) is 0 Å². The highest BCUT2D eigenvalue weighted by Gasteiger charge is 2.26. The van der Waals surface area contributed by atoms with Crippen molar-refractivity contribution >= 4 is 47.5 Å². The highest BCUT2D eigenvalue weighted by molar-refractivity contribution is 5.83. The van der Waals surface area contributed by atoms with Gasteiger partial charge in [-0.15, -0.1) is 0 Å². The summed E-state index contributed by atoms with van der Waals surface area (Å²) in [6.07, 6.45) is 0.526. The number of carbonyl (C=O) groups is 8. The second kappa shape index (κ2) is 28.2. The van der Waals surface area contributed by atoms with E-state index in [2.05, 4.69) is 37.2 Å². The lowest BCUT2D eigenvalue weighted by Gasteiger charge is -2.26. The maximum atomic E-state index is 13.0. The van der Waals surface area contributed by atoms with Crippen LogP contribution in [0.15, 0.2) is 0 Å². The minimum atomic E-state index is -0.681. The summed E-state index contributed by atoms with van der Waals surface area (Å²) in [4.78, 5) is 101. The van der Waals surface area contributed by atoms with E-state index in [0.29, 0.717) is 12.8 Å². The molecule has 17 heteroatoms. The summed E-state index contributed by atoms with van der Waals surface area (Å²) in [7, 11) is 1.30. The highest BCUT2D eigenvalue weighted by atomic mass is 16.6. The number of methoxy groups -OCH3 is 1. The molecule has 346 valence electrons. The summed E-state index contributed by atoms with van der Waals surface area (Å²) >= 11 is 0. The molecule has 0 aromatic carbocycles. The van der Waals surface area contributed by atoms with Crippen LogP contribution in [0.25, 0.3) is 0 Å². The molecular weight excluding hydrogens is 775 g/mol. The number of nitrogens with one attached hydrogen (secondary N) is 7. The van der Waals surface area contributed by atoms with E-state index < -0.39 is 47.9 Å². The molecule has 60 heavy (non-hydrogen) atoms. The number of ether oxygens (including phenoxy) is 2. The molecule has 0 spiro atoms. The number of amides is 7. The third-order valence-electron chi connectivity index (χ3n) is 9.26. The Morgan fingerprint density at radius 1 is 0.483 bits per heavy atom. The number of alkyl carbamates (subject to hydrolysis) is 1. The van der Waals surface area contributed by atoms with Crippen LogP contribution in [0.4, 0.5) is 4.79 Å². The first-order valence-electron chi connectivity index (χ1n) is 21.5. The fourth-order valence-electron chi connectivity index (χ4n) is 6.36. The van der Waals surface area contributed by atoms with E-state index in [1.165, 1.54) is 7.11 Å². The second-order valence-electron chi connectivity index (χ2n) is 18.5. The summed E-state index contributed by atoms with van der Waals surface area (Å²) in [5.41, 5.74) is -0.681. The molecule has 0 radical (unpaired) electrons. The molecule has 17 nitrogen and oxygen atoms in total. The zero-order valence-electron chi connectivity index (χ0n) is 38.9. The minimum Gasteiger partial charge on any atom is -0.469 e. The molecule has 0 aliphatic rings. The van der Waals surface area contributed by atoms with Crippen molar-refractivity contribution in [3.05, 3.63) is 0 Å². The quantitative estimate of drug-likeness (QED) is 0.0591. The van der Waals surface area contributed by atoms with Gasteiger partial charge in [-0.3, -0.25) is 33.6 Å². The van der Waals surface area contributed by atoms with Gasteiger partial charge in [0.15, 0.2) is 0 Å². The largest absolute Gasteiger partial charge is 0.469 e. The van der Waals surface area contributed by atoms with Crippen molar-refractivity contribution in [1.29, 1.82) is 0 Å². The summed E-state index contributed by atoms with van der Waals surface area (Å²) in [6.45, 7) is 24.2. The van der Waals surface area contributed by atoms with E-state index >= 15 is 0 Å². The number of esters is 1. The van der Waals surface area contributed by atoms with Crippen molar-refractivity contribution in [2.75, 3.05) is 13.7 Å². The van der Waals surface area contributed by atoms with Crippen molar-refractivity contribution in [2.24, 2.45) is 23.7 Å². The van der Waals surface area contributed by atoms with E-state index in [1.807, 2.05) is 55.4 Å². The zero-order chi connectivity index (χ0) is 46.3. The van der Waals surface area contributed by atoms with Crippen LogP contribution in [0, 0.1) is 23.7 Å². The topological polar surface area (TPSA) is 239 Å². The van der Waals surface area contributed by atoms with Crippen molar-refractivity contribution in [3.8, 4) is 0 Å². The highest BCUT2D eigenvalue weighted by Crippen LogP contribution is 2.13. The molecule has 0 fully saturated rings. The summed E-state index contributed by atoms with van der Waals surface area (Å²) in [5.74, 6) is -2.12. The number of carbonyl (C=O) groups excluding carboxylic acids is 8. The van der Waals surface area contributed by atoms with Gasteiger partial charge in [0.25, 0.3) is 0 Å². The van der Waals surface area contributed by atoms with Gasteiger partial charge in [-0.05, 0) is 71.1 Å². The fourth-order valence-corrected chi connectivity index (χ4v) is 6.36. The van der Waals surface area contributed by atoms with Crippen molar-refractivity contribution in [3.63, 3.8) is 0 Å². The fraction of sp³-hybridized carbons (Fsp3) is 0.814. The van der Waals surface area contributed by atoms with Gasteiger partial charge < -0.3 is 46.7 Å². The Hall–Kier alpha value is -4.44. The number of hydrogen-bond acceptors (Lipinski definition) is 10. The first-order valence-corrected chi connectivity index (χ1v) is 21.5. The van der Waals surface area contributed by atoms with E-state index in [4.69, 9.17) is 9.47 Å². The average Bonchev–Trinajstić information content (AvgIpc) is 3.05. The van der Waals surface area contributed by atoms with Crippen LogP contribution in [0.1, 0.15) is 148 Å². The van der Waals surface area contributed by atoms with E-state index in [1.54, 1.807) is 34.6 Å². The Labute approximate surface area is 358 Å². The van der Waals surface area contributed by atoms with Gasteiger partial charge in [0, 0.05) is 81.3 Å². The molecule has 0 saturated heterocycles. The maximum absolute atomic E-state index is 13.0. The van der Waals surface area contributed by atoms with Gasteiger partial charge in [-0.2, -0.15) is 0 Å². The van der Waals surface area contributed by atoms with Gasteiger partial charge in [-0.25, -0.2) is 4.79 Å². The Bertz CT molecular complexity index is 1400. The molecule has 7 N–H and O–H groups in total. The summed E-state index contributed by atoms with van der Waals surface area (Å²) in [5, 5.41) is 19.8. The van der Waals surface area contributed by atoms with Gasteiger partial charge in [0.2, 0.25) is 35.4 Å². The molecule has 0 rings (SSSR count). The van der Waals surface area contributed by atoms with Gasteiger partial charge in [0.05, 0.1) is 13.5 Å². The van der Waals surface area contributed by atoms with E-state index in [-0.39, 0.29) is 117 Å².